The zero-order valence-corrected chi connectivity index (χ0v) is 17.8. The highest BCUT2D eigenvalue weighted by atomic mass is 32.2. The van der Waals surface area contributed by atoms with Crippen LogP contribution in [0.4, 0.5) is 5.69 Å². The largest absolute Gasteiger partial charge is 0.492 e. The van der Waals surface area contributed by atoms with Crippen LogP contribution in [0, 0.1) is 11.3 Å². The molecule has 1 aromatic rings. The molecule has 4 rings (SSSR count). The van der Waals surface area contributed by atoms with Gasteiger partial charge < -0.3 is 14.8 Å². The lowest BCUT2D eigenvalue weighted by Gasteiger charge is -2.27. The zero-order valence-electron chi connectivity index (χ0n) is 17.0. The van der Waals surface area contributed by atoms with Crippen LogP contribution in [0.5, 0.6) is 5.75 Å². The summed E-state index contributed by atoms with van der Waals surface area (Å²) in [6, 6.07) is 4.91. The van der Waals surface area contributed by atoms with E-state index in [1.165, 1.54) is 4.31 Å². The first-order valence-corrected chi connectivity index (χ1v) is 12.1. The van der Waals surface area contributed by atoms with Gasteiger partial charge in [-0.1, -0.05) is 6.42 Å². The van der Waals surface area contributed by atoms with E-state index in [0.717, 1.165) is 38.5 Å². The van der Waals surface area contributed by atoms with Crippen LogP contribution in [0.3, 0.4) is 0 Å². The molecule has 1 saturated carbocycles. The van der Waals surface area contributed by atoms with Crippen molar-refractivity contribution in [1.29, 1.82) is 0 Å². The normalized spacial score (nSPS) is 24.2. The van der Waals surface area contributed by atoms with E-state index in [1.807, 2.05) is 6.92 Å². The first-order chi connectivity index (χ1) is 14.0. The minimum absolute atomic E-state index is 0.0138. The number of nitrogens with zero attached hydrogens (tertiary/aromatic N) is 1. The molecule has 1 N–H and O–H groups in total. The van der Waals surface area contributed by atoms with Crippen LogP contribution >= 0.6 is 0 Å². The van der Waals surface area contributed by atoms with Crippen molar-refractivity contribution in [2.24, 2.45) is 11.3 Å². The Bertz CT molecular complexity index is 858. The molecule has 1 aliphatic carbocycles. The highest BCUT2D eigenvalue weighted by molar-refractivity contribution is 7.89. The van der Waals surface area contributed by atoms with Gasteiger partial charge >= 0.3 is 0 Å². The second kappa shape index (κ2) is 8.24. The Balaban J connectivity index is 1.54. The summed E-state index contributed by atoms with van der Waals surface area (Å²) in [5, 5.41) is 2.94. The molecule has 29 heavy (non-hydrogen) atoms. The van der Waals surface area contributed by atoms with E-state index in [9.17, 15) is 13.2 Å². The average Bonchev–Trinajstić information content (AvgIpc) is 3.43. The number of sulfonamides is 1. The number of rotatable bonds is 6. The van der Waals surface area contributed by atoms with Gasteiger partial charge in [0.25, 0.3) is 0 Å². The van der Waals surface area contributed by atoms with Crippen molar-refractivity contribution in [3.05, 3.63) is 18.2 Å². The van der Waals surface area contributed by atoms with Crippen molar-refractivity contribution < 1.29 is 22.7 Å². The van der Waals surface area contributed by atoms with Gasteiger partial charge in [-0.15, -0.1) is 0 Å². The van der Waals surface area contributed by atoms with Gasteiger partial charge in [0.05, 0.1) is 6.61 Å². The summed E-state index contributed by atoms with van der Waals surface area (Å²) in [6.45, 7) is 4.68. The van der Waals surface area contributed by atoms with Gasteiger partial charge in [0, 0.05) is 37.9 Å². The topological polar surface area (TPSA) is 84.9 Å². The Hall–Kier alpha value is -1.64. The molecule has 160 valence electrons. The second-order valence-corrected chi connectivity index (χ2v) is 10.2. The van der Waals surface area contributed by atoms with Crippen molar-refractivity contribution in [3.63, 3.8) is 0 Å². The van der Waals surface area contributed by atoms with Crippen LogP contribution in [0.15, 0.2) is 23.1 Å². The standard InChI is InChI=1S/C21H30N2O5S/c1-2-28-18-7-6-16(14-19(18)29(25,26)23-10-4-3-5-11-23)22-20(24)17-15-21(17)8-12-27-13-9-21/h6-7,14,17H,2-5,8-13,15H2,1H3,(H,22,24)/t17-/m0/s1. The third-order valence-corrected chi connectivity index (χ3v) is 8.36. The van der Waals surface area contributed by atoms with Crippen LogP contribution in [0.25, 0.3) is 0 Å². The van der Waals surface area contributed by atoms with Gasteiger partial charge in [-0.3, -0.25) is 4.79 Å². The molecule has 2 aliphatic heterocycles. The molecule has 0 bridgehead atoms. The number of ether oxygens (including phenoxy) is 2. The number of nitrogens with one attached hydrogen (secondary N) is 1. The van der Waals surface area contributed by atoms with Crippen LogP contribution in [0.2, 0.25) is 0 Å². The molecule has 0 unspecified atom stereocenters. The molecule has 7 nitrogen and oxygen atoms in total. The lowest BCUT2D eigenvalue weighted by atomic mass is 9.93. The van der Waals surface area contributed by atoms with E-state index in [1.54, 1.807) is 18.2 Å². The fraction of sp³-hybridized carbons (Fsp3) is 0.667. The summed E-state index contributed by atoms with van der Waals surface area (Å²) < 4.78 is 39.0. The first-order valence-electron chi connectivity index (χ1n) is 10.6. The lowest BCUT2D eigenvalue weighted by Crippen LogP contribution is -2.35. The molecule has 1 atom stereocenters. The smallest absolute Gasteiger partial charge is 0.246 e. The Morgan fingerprint density at radius 1 is 1.24 bits per heavy atom. The predicted molar refractivity (Wildman–Crippen MR) is 109 cm³/mol. The van der Waals surface area contributed by atoms with Gasteiger partial charge in [-0.2, -0.15) is 4.31 Å². The van der Waals surface area contributed by atoms with Crippen LogP contribution in [0.1, 0.15) is 45.4 Å². The Kier molecular flexibility index (Phi) is 5.86. The Morgan fingerprint density at radius 3 is 2.66 bits per heavy atom. The molecule has 3 fully saturated rings. The highest BCUT2D eigenvalue weighted by Crippen LogP contribution is 2.59. The number of benzene rings is 1. The number of anilines is 1. The average molecular weight is 423 g/mol. The summed E-state index contributed by atoms with van der Waals surface area (Å²) in [6.07, 6.45) is 5.51. The van der Waals surface area contributed by atoms with Gasteiger partial charge in [0.2, 0.25) is 15.9 Å². The van der Waals surface area contributed by atoms with Gasteiger partial charge in [0.1, 0.15) is 10.6 Å². The van der Waals surface area contributed by atoms with Crippen molar-refractivity contribution in [1.82, 2.24) is 4.31 Å². The van der Waals surface area contributed by atoms with Gasteiger partial charge in [-0.05, 0) is 62.6 Å². The number of hydrogen-bond donors (Lipinski definition) is 1. The second-order valence-electron chi connectivity index (χ2n) is 8.28. The van der Waals surface area contributed by atoms with E-state index in [4.69, 9.17) is 9.47 Å². The molecule has 1 spiro atoms. The first kappa shape index (κ1) is 20.6. The number of carbonyl (C=O) groups excluding carboxylic acids is 1. The quantitative estimate of drug-likeness (QED) is 0.762. The summed E-state index contributed by atoms with van der Waals surface area (Å²) in [5.74, 6) is 0.292. The third kappa shape index (κ3) is 4.15. The third-order valence-electron chi connectivity index (χ3n) is 6.44. The zero-order chi connectivity index (χ0) is 20.5. The maximum absolute atomic E-state index is 13.2. The van der Waals surface area contributed by atoms with Gasteiger partial charge in [-0.25, -0.2) is 8.42 Å². The van der Waals surface area contributed by atoms with Gasteiger partial charge in [0.15, 0.2) is 0 Å². The number of piperidine rings is 1. The fourth-order valence-corrected chi connectivity index (χ4v) is 6.26. The molecule has 8 heteroatoms. The monoisotopic (exact) mass is 422 g/mol. The molecule has 3 aliphatic rings. The van der Waals surface area contributed by atoms with Crippen molar-refractivity contribution in [3.8, 4) is 5.75 Å². The fourth-order valence-electron chi connectivity index (χ4n) is 4.58. The van der Waals surface area contributed by atoms with E-state index >= 15 is 0 Å². The predicted octanol–water partition coefficient (Wildman–Crippen LogP) is 3.02. The minimum atomic E-state index is -3.66. The molecule has 2 heterocycles. The molecule has 1 amide bonds. The Morgan fingerprint density at radius 2 is 1.97 bits per heavy atom. The molecule has 2 saturated heterocycles. The van der Waals surface area contributed by atoms with Crippen LogP contribution in [-0.4, -0.2) is 51.5 Å². The number of carbonyl (C=O) groups is 1. The highest BCUT2D eigenvalue weighted by Gasteiger charge is 2.58. The van der Waals surface area contributed by atoms with Crippen LogP contribution < -0.4 is 10.1 Å². The minimum Gasteiger partial charge on any atom is -0.492 e. The SMILES string of the molecule is CCOc1ccc(NC(=O)[C@@H]2CC23CCOCC3)cc1S(=O)(=O)N1CCCCC1. The van der Waals surface area contributed by atoms with E-state index in [-0.39, 0.29) is 22.1 Å². The molecular formula is C21H30N2O5S. The maximum Gasteiger partial charge on any atom is 0.246 e. The number of amides is 1. The van der Waals surface area contributed by atoms with Crippen LogP contribution in [-0.2, 0) is 19.6 Å². The van der Waals surface area contributed by atoms with E-state index in [0.29, 0.717) is 44.3 Å². The molecule has 1 aromatic carbocycles. The van der Waals surface area contributed by atoms with E-state index in [2.05, 4.69) is 5.32 Å². The summed E-state index contributed by atoms with van der Waals surface area (Å²) >= 11 is 0. The van der Waals surface area contributed by atoms with E-state index < -0.39 is 10.0 Å². The Labute approximate surface area is 172 Å². The molecule has 0 aromatic heterocycles. The number of hydrogen-bond acceptors (Lipinski definition) is 5. The summed E-state index contributed by atoms with van der Waals surface area (Å²) in [4.78, 5) is 12.9. The van der Waals surface area contributed by atoms with Crippen molar-refractivity contribution in [2.45, 2.75) is 50.3 Å². The summed E-state index contributed by atoms with van der Waals surface area (Å²) in [7, 11) is -3.66. The maximum atomic E-state index is 13.2. The summed E-state index contributed by atoms with van der Waals surface area (Å²) in [5.41, 5.74) is 0.583. The molecule has 0 radical (unpaired) electrons. The van der Waals surface area contributed by atoms with Crippen molar-refractivity contribution in [2.75, 3.05) is 38.2 Å². The molecular weight excluding hydrogens is 392 g/mol. The van der Waals surface area contributed by atoms with Crippen molar-refractivity contribution >= 4 is 21.6 Å². The lowest BCUT2D eigenvalue weighted by molar-refractivity contribution is -0.118.